The number of carbonyl (C=O) groups excluding carboxylic acids is 4. The predicted molar refractivity (Wildman–Crippen MR) is 107 cm³/mol. The van der Waals surface area contributed by atoms with Gasteiger partial charge in [0, 0.05) is 13.5 Å². The van der Waals surface area contributed by atoms with Crippen molar-refractivity contribution in [2.75, 3.05) is 25.3 Å². The lowest BCUT2D eigenvalue weighted by Crippen LogP contribution is -2.54. The molecule has 0 aromatic heterocycles. The van der Waals surface area contributed by atoms with E-state index in [9.17, 15) is 32.3 Å². The number of hydrogen-bond donors (Lipinski definition) is 0. The molecule has 0 spiro atoms. The molecule has 0 saturated carbocycles. The van der Waals surface area contributed by atoms with Crippen molar-refractivity contribution in [1.29, 1.82) is 0 Å². The normalized spacial score (nSPS) is 21.1. The van der Waals surface area contributed by atoms with Crippen LogP contribution >= 0.6 is 0 Å². The summed E-state index contributed by atoms with van der Waals surface area (Å²) in [5, 5.41) is 1.91. The fourth-order valence-electron chi connectivity index (χ4n) is 3.64. The zero-order chi connectivity index (χ0) is 25.0. The van der Waals surface area contributed by atoms with Crippen LogP contribution in [0.2, 0.25) is 0 Å². The van der Waals surface area contributed by atoms with Gasteiger partial charge in [0.15, 0.2) is 5.92 Å². The van der Waals surface area contributed by atoms with E-state index in [-0.39, 0.29) is 25.3 Å². The van der Waals surface area contributed by atoms with Gasteiger partial charge in [-0.3, -0.25) is 19.2 Å². The van der Waals surface area contributed by atoms with Gasteiger partial charge in [0.1, 0.15) is 6.42 Å². The largest absolute Gasteiger partial charge is 0.466 e. The van der Waals surface area contributed by atoms with E-state index < -0.39 is 53.6 Å². The number of amides is 1. The maximum Gasteiger partial charge on any atom is 0.416 e. The number of benzene rings is 1. The van der Waals surface area contributed by atoms with Crippen molar-refractivity contribution in [2.45, 2.75) is 45.5 Å². The Bertz CT molecular complexity index is 921. The van der Waals surface area contributed by atoms with Crippen molar-refractivity contribution in [3.05, 3.63) is 29.8 Å². The number of anilines is 1. The molecule has 1 aliphatic heterocycles. The molecule has 0 N–H and O–H groups in total. The van der Waals surface area contributed by atoms with E-state index in [1.165, 1.54) is 27.0 Å². The molecule has 0 radical (unpaired) electrons. The Morgan fingerprint density at radius 3 is 2.24 bits per heavy atom. The van der Waals surface area contributed by atoms with E-state index in [0.717, 1.165) is 28.2 Å². The molecule has 0 aliphatic carbocycles. The van der Waals surface area contributed by atoms with Crippen molar-refractivity contribution >= 4 is 29.5 Å². The van der Waals surface area contributed by atoms with Gasteiger partial charge in [0.25, 0.3) is 5.91 Å². The molecule has 2 atom stereocenters. The van der Waals surface area contributed by atoms with Crippen LogP contribution in [0.25, 0.3) is 0 Å². The highest BCUT2D eigenvalue weighted by Gasteiger charge is 2.63. The molecule has 1 heterocycles. The number of halogens is 3. The lowest BCUT2D eigenvalue weighted by Gasteiger charge is -2.38. The zero-order valence-corrected chi connectivity index (χ0v) is 18.6. The Morgan fingerprint density at radius 2 is 1.70 bits per heavy atom. The van der Waals surface area contributed by atoms with E-state index in [4.69, 9.17) is 14.2 Å². The van der Waals surface area contributed by atoms with Gasteiger partial charge in [-0.15, -0.1) is 0 Å². The number of esters is 3. The summed E-state index contributed by atoms with van der Waals surface area (Å²) >= 11 is 0. The van der Waals surface area contributed by atoms with Crippen molar-refractivity contribution in [2.24, 2.45) is 5.92 Å². The molecular formula is C21H25F3N2O7. The summed E-state index contributed by atoms with van der Waals surface area (Å²) < 4.78 is 54.9. The first-order valence-corrected chi connectivity index (χ1v) is 10.2. The molecular weight excluding hydrogens is 449 g/mol. The molecule has 33 heavy (non-hydrogen) atoms. The number of rotatable bonds is 8. The summed E-state index contributed by atoms with van der Waals surface area (Å²) in [6, 6.07) is 3.93. The Balaban J connectivity index is 2.53. The molecule has 1 fully saturated rings. The first-order valence-electron chi connectivity index (χ1n) is 10.2. The van der Waals surface area contributed by atoms with Crippen LogP contribution in [0, 0.1) is 5.92 Å². The Hall–Kier alpha value is -3.15. The average molecular weight is 474 g/mol. The van der Waals surface area contributed by atoms with Crippen LogP contribution in [0.3, 0.4) is 0 Å². The van der Waals surface area contributed by atoms with Crippen LogP contribution in [0.5, 0.6) is 0 Å². The summed E-state index contributed by atoms with van der Waals surface area (Å²) in [6.45, 7) is 4.50. The van der Waals surface area contributed by atoms with Gasteiger partial charge < -0.3 is 14.2 Å². The van der Waals surface area contributed by atoms with Crippen LogP contribution < -0.4 is 5.01 Å². The molecule has 1 aromatic carbocycles. The van der Waals surface area contributed by atoms with Crippen molar-refractivity contribution in [1.82, 2.24) is 5.01 Å². The summed E-state index contributed by atoms with van der Waals surface area (Å²) in [5.74, 6) is -5.61. The fourth-order valence-corrected chi connectivity index (χ4v) is 3.64. The number of nitrogens with zero attached hydrogens (tertiary/aromatic N) is 2. The molecule has 2 rings (SSSR count). The maximum atomic E-state index is 13.3. The van der Waals surface area contributed by atoms with Gasteiger partial charge in [0.2, 0.25) is 5.72 Å². The van der Waals surface area contributed by atoms with Crippen LogP contribution in [-0.4, -0.2) is 54.8 Å². The second-order valence-electron chi connectivity index (χ2n) is 7.06. The van der Waals surface area contributed by atoms with Crippen LogP contribution in [-0.2, 0) is 39.6 Å². The van der Waals surface area contributed by atoms with Crippen LogP contribution in [0.4, 0.5) is 18.9 Å². The highest BCUT2D eigenvalue weighted by molar-refractivity contribution is 6.09. The minimum Gasteiger partial charge on any atom is -0.466 e. The maximum absolute atomic E-state index is 13.3. The third-order valence-corrected chi connectivity index (χ3v) is 5.09. The quantitative estimate of drug-likeness (QED) is 0.322. The number of hydrazine groups is 1. The van der Waals surface area contributed by atoms with Gasteiger partial charge in [-0.25, -0.2) is 5.01 Å². The number of ether oxygens (including phenoxy) is 3. The molecule has 12 heteroatoms. The molecule has 2 unspecified atom stereocenters. The van der Waals surface area contributed by atoms with E-state index in [1.807, 2.05) is 0 Å². The second-order valence-corrected chi connectivity index (χ2v) is 7.06. The third kappa shape index (κ3) is 5.27. The van der Waals surface area contributed by atoms with E-state index in [1.54, 1.807) is 6.92 Å². The van der Waals surface area contributed by atoms with Crippen molar-refractivity contribution < 1.29 is 46.6 Å². The van der Waals surface area contributed by atoms with Gasteiger partial charge in [0.05, 0.1) is 24.5 Å². The smallest absolute Gasteiger partial charge is 0.416 e. The fraction of sp³-hybridized carbons (Fsp3) is 0.524. The Kier molecular flexibility index (Phi) is 8.06. The van der Waals surface area contributed by atoms with E-state index in [0.29, 0.717) is 0 Å². The number of alkyl halides is 3. The molecule has 1 amide bonds. The van der Waals surface area contributed by atoms with Crippen LogP contribution in [0.15, 0.2) is 24.3 Å². The third-order valence-electron chi connectivity index (χ3n) is 5.09. The molecule has 0 bridgehead atoms. The minimum atomic E-state index is -4.67. The highest BCUT2D eigenvalue weighted by Crippen LogP contribution is 2.43. The monoisotopic (exact) mass is 474 g/mol. The lowest BCUT2D eigenvalue weighted by atomic mass is 9.93. The Morgan fingerprint density at radius 1 is 1.06 bits per heavy atom. The van der Waals surface area contributed by atoms with E-state index >= 15 is 0 Å². The minimum absolute atomic E-state index is 0.0260. The van der Waals surface area contributed by atoms with Crippen LogP contribution in [0.1, 0.15) is 39.2 Å². The first kappa shape index (κ1) is 26.1. The van der Waals surface area contributed by atoms with Gasteiger partial charge in [-0.1, -0.05) is 13.0 Å². The Labute approximate surface area is 188 Å². The zero-order valence-electron chi connectivity index (χ0n) is 18.6. The molecule has 1 aliphatic rings. The first-order chi connectivity index (χ1) is 15.4. The molecule has 182 valence electrons. The second kappa shape index (κ2) is 10.2. The topological polar surface area (TPSA) is 102 Å². The predicted octanol–water partition coefficient (Wildman–Crippen LogP) is 2.68. The highest BCUT2D eigenvalue weighted by atomic mass is 19.4. The van der Waals surface area contributed by atoms with Crippen molar-refractivity contribution in [3.63, 3.8) is 0 Å². The summed E-state index contributed by atoms with van der Waals surface area (Å²) in [4.78, 5) is 50.2. The van der Waals surface area contributed by atoms with Gasteiger partial charge >= 0.3 is 24.1 Å². The number of hydrogen-bond acceptors (Lipinski definition) is 8. The molecule has 1 saturated heterocycles. The summed E-state index contributed by atoms with van der Waals surface area (Å²) in [5.41, 5.74) is -3.15. The standard InChI is InChI=1S/C21H25F3N2O7/c1-5-20(33-16(28)12-15(27)31-6-2)17(19(30)32-7-3)18(29)26(25(20)4)14-10-8-9-13(11-14)21(22,23)24/h8-11,17H,5-7,12H2,1-4H3. The molecule has 1 aromatic rings. The number of carbonyl (C=O) groups is 4. The van der Waals surface area contributed by atoms with Gasteiger partial charge in [-0.05, 0) is 32.0 Å². The van der Waals surface area contributed by atoms with Gasteiger partial charge in [-0.2, -0.15) is 18.2 Å². The summed E-state index contributed by atoms with van der Waals surface area (Å²) in [6.07, 6.45) is -5.58. The SMILES string of the molecule is CCOC(=O)CC(=O)OC1(CC)C(C(=O)OCC)C(=O)N(c2cccc(C(F)(F)F)c2)N1C. The summed E-state index contributed by atoms with van der Waals surface area (Å²) in [7, 11) is 1.29. The van der Waals surface area contributed by atoms with E-state index in [2.05, 4.69) is 0 Å². The van der Waals surface area contributed by atoms with Crippen molar-refractivity contribution in [3.8, 4) is 0 Å². The molecule has 9 nitrogen and oxygen atoms in total. The lowest BCUT2D eigenvalue weighted by molar-refractivity contribution is -0.194. The average Bonchev–Trinajstić information content (AvgIpc) is 2.94.